The molecule has 0 aromatic carbocycles. The van der Waals surface area contributed by atoms with E-state index in [4.69, 9.17) is 9.84 Å². The lowest BCUT2D eigenvalue weighted by Crippen LogP contribution is -2.18. The van der Waals surface area contributed by atoms with Gasteiger partial charge in [0.2, 0.25) is 0 Å². The van der Waals surface area contributed by atoms with Gasteiger partial charge in [-0.25, -0.2) is 0 Å². The Kier molecular flexibility index (Phi) is 17.0. The Morgan fingerprint density at radius 2 is 1.20 bits per heavy atom. The first-order valence-electron chi connectivity index (χ1n) is 10.5. The topological polar surface area (TPSA) is 63.6 Å². The first-order chi connectivity index (χ1) is 12.1. The molecule has 0 fully saturated rings. The number of unbranched alkanes of at least 4 members (excludes halogenated alkanes) is 9. The second-order valence-electron chi connectivity index (χ2n) is 7.12. The lowest BCUT2D eigenvalue weighted by molar-refractivity contribution is -0.150. The van der Waals surface area contributed by atoms with Gasteiger partial charge in [0.25, 0.3) is 0 Å². The number of carboxylic acid groups (broad SMARTS) is 1. The van der Waals surface area contributed by atoms with Crippen LogP contribution in [-0.4, -0.2) is 23.1 Å². The van der Waals surface area contributed by atoms with Crippen LogP contribution in [0.15, 0.2) is 0 Å². The zero-order valence-corrected chi connectivity index (χ0v) is 16.6. The number of carbonyl (C=O) groups excluding carboxylic acids is 1. The summed E-state index contributed by atoms with van der Waals surface area (Å²) < 4.78 is 5.72. The molecule has 0 saturated heterocycles. The molecule has 4 nitrogen and oxygen atoms in total. The fourth-order valence-corrected chi connectivity index (χ4v) is 3.00. The molecule has 0 aliphatic carbocycles. The Labute approximate surface area is 154 Å². The fourth-order valence-electron chi connectivity index (χ4n) is 3.00. The van der Waals surface area contributed by atoms with Crippen LogP contribution in [0.1, 0.15) is 117 Å². The van der Waals surface area contributed by atoms with Crippen molar-refractivity contribution in [3.05, 3.63) is 0 Å². The molecule has 0 radical (unpaired) electrons. The van der Waals surface area contributed by atoms with Crippen LogP contribution in [0, 0.1) is 0 Å². The maximum Gasteiger partial charge on any atom is 0.306 e. The molecular formula is C21H40O4. The third-order valence-electron chi connectivity index (χ3n) is 4.58. The summed E-state index contributed by atoms with van der Waals surface area (Å²) in [7, 11) is 0. The van der Waals surface area contributed by atoms with Crippen molar-refractivity contribution in [3.8, 4) is 0 Å². The Balaban J connectivity index is 3.99. The van der Waals surface area contributed by atoms with Gasteiger partial charge in [0.05, 0.1) is 0 Å². The molecule has 4 heteroatoms. The molecule has 148 valence electrons. The zero-order chi connectivity index (χ0) is 18.8. The maximum atomic E-state index is 12.0. The van der Waals surface area contributed by atoms with Crippen molar-refractivity contribution in [2.24, 2.45) is 0 Å². The summed E-state index contributed by atoms with van der Waals surface area (Å²) in [5.74, 6) is -0.756. The molecule has 0 aromatic heterocycles. The number of aliphatic carboxylic acids is 1. The van der Waals surface area contributed by atoms with Crippen molar-refractivity contribution in [2.45, 2.75) is 123 Å². The maximum absolute atomic E-state index is 12.0. The molecule has 0 aliphatic rings. The first-order valence-corrected chi connectivity index (χ1v) is 10.5. The van der Waals surface area contributed by atoms with Gasteiger partial charge in [-0.3, -0.25) is 9.59 Å². The summed E-state index contributed by atoms with van der Waals surface area (Å²) in [4.78, 5) is 22.5. The summed E-state index contributed by atoms with van der Waals surface area (Å²) in [5, 5.41) is 8.65. The van der Waals surface area contributed by atoms with E-state index in [9.17, 15) is 9.59 Å². The highest BCUT2D eigenvalue weighted by atomic mass is 16.5. The molecule has 0 saturated carbocycles. The van der Waals surface area contributed by atoms with Gasteiger partial charge in [-0.2, -0.15) is 0 Å². The minimum atomic E-state index is -0.717. The standard InChI is InChI=1S/C21H40O4/c1-3-5-7-11-15-19(16-12-9-10-13-17-20(22)23)25-21(24)18-14-8-6-4-2/h19H,3-18H2,1-2H3,(H,22,23). The van der Waals surface area contributed by atoms with Gasteiger partial charge in [0.15, 0.2) is 0 Å². The van der Waals surface area contributed by atoms with E-state index in [1.165, 1.54) is 32.1 Å². The Morgan fingerprint density at radius 3 is 1.76 bits per heavy atom. The van der Waals surface area contributed by atoms with Gasteiger partial charge < -0.3 is 9.84 Å². The van der Waals surface area contributed by atoms with Gasteiger partial charge in [-0.15, -0.1) is 0 Å². The van der Waals surface area contributed by atoms with Gasteiger partial charge in [-0.1, -0.05) is 65.2 Å². The summed E-state index contributed by atoms with van der Waals surface area (Å²) in [5.41, 5.74) is 0. The third kappa shape index (κ3) is 17.6. The first kappa shape index (κ1) is 23.9. The van der Waals surface area contributed by atoms with Gasteiger partial charge in [-0.05, 0) is 38.5 Å². The monoisotopic (exact) mass is 356 g/mol. The quantitative estimate of drug-likeness (QED) is 0.232. The van der Waals surface area contributed by atoms with E-state index < -0.39 is 5.97 Å². The van der Waals surface area contributed by atoms with E-state index in [2.05, 4.69) is 13.8 Å². The Morgan fingerprint density at radius 1 is 0.720 bits per heavy atom. The molecule has 1 unspecified atom stereocenters. The van der Waals surface area contributed by atoms with Crippen LogP contribution in [0.5, 0.6) is 0 Å². The van der Waals surface area contributed by atoms with Gasteiger partial charge in [0, 0.05) is 12.8 Å². The molecule has 0 aliphatic heterocycles. The second-order valence-corrected chi connectivity index (χ2v) is 7.12. The third-order valence-corrected chi connectivity index (χ3v) is 4.58. The van der Waals surface area contributed by atoms with Crippen LogP contribution in [0.4, 0.5) is 0 Å². The molecule has 0 spiro atoms. The van der Waals surface area contributed by atoms with Crippen molar-refractivity contribution < 1.29 is 19.4 Å². The smallest absolute Gasteiger partial charge is 0.306 e. The fraction of sp³-hybridized carbons (Fsp3) is 0.905. The molecule has 0 aromatic rings. The van der Waals surface area contributed by atoms with Crippen molar-refractivity contribution in [3.63, 3.8) is 0 Å². The van der Waals surface area contributed by atoms with E-state index in [1.807, 2.05) is 0 Å². The predicted octanol–water partition coefficient (Wildman–Crippen LogP) is 6.26. The van der Waals surface area contributed by atoms with Gasteiger partial charge >= 0.3 is 11.9 Å². The molecule has 25 heavy (non-hydrogen) atoms. The van der Waals surface area contributed by atoms with Crippen molar-refractivity contribution >= 4 is 11.9 Å². The normalized spacial score (nSPS) is 12.1. The summed E-state index contributed by atoms with van der Waals surface area (Å²) in [6, 6.07) is 0. The summed E-state index contributed by atoms with van der Waals surface area (Å²) in [6.45, 7) is 4.37. The number of rotatable bonds is 18. The Bertz CT molecular complexity index is 328. The average molecular weight is 357 g/mol. The van der Waals surface area contributed by atoms with Crippen molar-refractivity contribution in [1.82, 2.24) is 0 Å². The molecule has 0 heterocycles. The minimum Gasteiger partial charge on any atom is -0.481 e. The number of carboxylic acids is 1. The van der Waals surface area contributed by atoms with Crippen LogP contribution >= 0.6 is 0 Å². The number of carbonyl (C=O) groups is 2. The molecule has 1 N–H and O–H groups in total. The lowest BCUT2D eigenvalue weighted by atomic mass is 10.0. The highest BCUT2D eigenvalue weighted by Crippen LogP contribution is 2.17. The lowest BCUT2D eigenvalue weighted by Gasteiger charge is -2.18. The molecule has 0 rings (SSSR count). The average Bonchev–Trinajstić information content (AvgIpc) is 2.58. The SMILES string of the molecule is CCCCCCC(=O)OC(CCCCCC)CCCCCCC(=O)O. The molecule has 1 atom stereocenters. The van der Waals surface area contributed by atoms with E-state index >= 15 is 0 Å². The van der Waals surface area contributed by atoms with Crippen LogP contribution in [0.25, 0.3) is 0 Å². The van der Waals surface area contributed by atoms with Crippen molar-refractivity contribution in [2.75, 3.05) is 0 Å². The number of hydrogen-bond acceptors (Lipinski definition) is 3. The minimum absolute atomic E-state index is 0.0394. The van der Waals surface area contributed by atoms with Crippen LogP contribution < -0.4 is 0 Å². The van der Waals surface area contributed by atoms with Crippen LogP contribution in [-0.2, 0) is 14.3 Å². The summed E-state index contributed by atoms with van der Waals surface area (Å²) in [6.07, 6.45) is 15.7. The van der Waals surface area contributed by atoms with E-state index in [-0.39, 0.29) is 18.5 Å². The highest BCUT2D eigenvalue weighted by Gasteiger charge is 2.14. The van der Waals surface area contributed by atoms with Crippen molar-refractivity contribution in [1.29, 1.82) is 0 Å². The molecular weight excluding hydrogens is 316 g/mol. The van der Waals surface area contributed by atoms with E-state index in [1.54, 1.807) is 0 Å². The number of esters is 1. The number of hydrogen-bond donors (Lipinski definition) is 1. The second kappa shape index (κ2) is 17.8. The van der Waals surface area contributed by atoms with Gasteiger partial charge in [0.1, 0.15) is 6.10 Å². The highest BCUT2D eigenvalue weighted by molar-refractivity contribution is 5.69. The molecule has 0 bridgehead atoms. The predicted molar refractivity (Wildman–Crippen MR) is 103 cm³/mol. The van der Waals surface area contributed by atoms with Crippen LogP contribution in [0.2, 0.25) is 0 Å². The zero-order valence-electron chi connectivity index (χ0n) is 16.6. The van der Waals surface area contributed by atoms with E-state index in [0.29, 0.717) is 6.42 Å². The van der Waals surface area contributed by atoms with Crippen LogP contribution in [0.3, 0.4) is 0 Å². The number of ether oxygens (including phenoxy) is 1. The molecule has 0 amide bonds. The summed E-state index contributed by atoms with van der Waals surface area (Å²) >= 11 is 0. The van der Waals surface area contributed by atoms with E-state index in [0.717, 1.165) is 57.8 Å². The largest absolute Gasteiger partial charge is 0.481 e. The Hall–Kier alpha value is -1.06.